The third-order valence-corrected chi connectivity index (χ3v) is 6.68. The molecule has 0 radical (unpaired) electrons. The fraction of sp³-hybridized carbons (Fsp3) is 0.276. The SMILES string of the molecule is Cc1cc(Nc2ncnc3ccc(OCC4CCCCO4)cc23)ccc1Oc1ccc2c(c1)ncn2C. The van der Waals surface area contributed by atoms with Crippen LogP contribution < -0.4 is 14.8 Å². The van der Waals surface area contributed by atoms with Crippen LogP contribution >= 0.6 is 0 Å². The van der Waals surface area contributed by atoms with Crippen molar-refractivity contribution in [2.45, 2.75) is 32.3 Å². The maximum atomic E-state index is 6.17. The zero-order chi connectivity index (χ0) is 25.2. The van der Waals surface area contributed by atoms with Crippen molar-refractivity contribution < 1.29 is 14.2 Å². The molecular weight excluding hydrogens is 466 g/mol. The summed E-state index contributed by atoms with van der Waals surface area (Å²) in [6, 6.07) is 17.8. The van der Waals surface area contributed by atoms with Gasteiger partial charge in [0.2, 0.25) is 0 Å². The average molecular weight is 496 g/mol. The van der Waals surface area contributed by atoms with Crippen molar-refractivity contribution >= 4 is 33.4 Å². The Kier molecular flexibility index (Phi) is 6.32. The Hall–Kier alpha value is -4.17. The molecule has 8 nitrogen and oxygen atoms in total. The van der Waals surface area contributed by atoms with Gasteiger partial charge in [0.25, 0.3) is 0 Å². The Morgan fingerprint density at radius 1 is 0.973 bits per heavy atom. The Balaban J connectivity index is 1.19. The first-order valence-corrected chi connectivity index (χ1v) is 12.6. The number of aromatic nitrogens is 4. The number of rotatable bonds is 7. The largest absolute Gasteiger partial charge is 0.491 e. The second-order valence-electron chi connectivity index (χ2n) is 9.41. The lowest BCUT2D eigenvalue weighted by atomic mass is 10.1. The van der Waals surface area contributed by atoms with Crippen LogP contribution in [0, 0.1) is 6.92 Å². The van der Waals surface area contributed by atoms with E-state index in [9.17, 15) is 0 Å². The predicted octanol–water partition coefficient (Wildman–Crippen LogP) is 6.31. The first kappa shape index (κ1) is 23.2. The van der Waals surface area contributed by atoms with Gasteiger partial charge in [-0.3, -0.25) is 0 Å². The van der Waals surface area contributed by atoms with E-state index in [1.54, 1.807) is 12.7 Å². The van der Waals surface area contributed by atoms with Crippen LogP contribution in [-0.2, 0) is 11.8 Å². The van der Waals surface area contributed by atoms with Crippen LogP contribution in [0.4, 0.5) is 11.5 Å². The minimum absolute atomic E-state index is 0.156. The highest BCUT2D eigenvalue weighted by atomic mass is 16.5. The molecule has 6 rings (SSSR count). The van der Waals surface area contributed by atoms with Crippen molar-refractivity contribution in [1.29, 1.82) is 0 Å². The minimum Gasteiger partial charge on any atom is -0.491 e. The Morgan fingerprint density at radius 2 is 1.89 bits per heavy atom. The standard InChI is InChI=1S/C29H29N5O3/c1-19-13-20(6-11-28(19)37-22-8-10-27-26(15-22)32-18-34(27)2)33-29-24-14-21(7-9-25(24)30-17-31-29)36-16-23-5-3-4-12-35-23/h6-11,13-15,17-18,23H,3-5,12,16H2,1-2H3,(H,30,31,33). The number of anilines is 2. The van der Waals surface area contributed by atoms with Gasteiger partial charge in [0.05, 0.1) is 29.0 Å². The minimum atomic E-state index is 0.156. The fourth-order valence-electron chi connectivity index (χ4n) is 4.64. The summed E-state index contributed by atoms with van der Waals surface area (Å²) in [5.41, 5.74) is 4.73. The third kappa shape index (κ3) is 5.06. The molecule has 3 heterocycles. The summed E-state index contributed by atoms with van der Waals surface area (Å²) < 4.78 is 20.0. The molecule has 0 saturated carbocycles. The van der Waals surface area contributed by atoms with Crippen LogP contribution in [-0.4, -0.2) is 38.8 Å². The molecule has 1 fully saturated rings. The van der Waals surface area contributed by atoms with E-state index in [1.807, 2.05) is 73.1 Å². The maximum absolute atomic E-state index is 6.17. The monoisotopic (exact) mass is 495 g/mol. The number of aryl methyl sites for hydroxylation is 2. The number of hydrogen-bond donors (Lipinski definition) is 1. The van der Waals surface area contributed by atoms with Crippen LogP contribution in [0.3, 0.4) is 0 Å². The van der Waals surface area contributed by atoms with E-state index in [-0.39, 0.29) is 6.10 Å². The van der Waals surface area contributed by atoms with E-state index >= 15 is 0 Å². The van der Waals surface area contributed by atoms with Crippen molar-refractivity contribution in [3.05, 3.63) is 72.8 Å². The number of nitrogens with zero attached hydrogens (tertiary/aromatic N) is 4. The molecule has 3 aromatic carbocycles. The van der Waals surface area contributed by atoms with E-state index in [4.69, 9.17) is 14.2 Å². The van der Waals surface area contributed by atoms with Crippen molar-refractivity contribution in [2.75, 3.05) is 18.5 Å². The zero-order valence-corrected chi connectivity index (χ0v) is 21.0. The van der Waals surface area contributed by atoms with Crippen LogP contribution in [0.25, 0.3) is 21.9 Å². The summed E-state index contributed by atoms with van der Waals surface area (Å²) in [6.07, 6.45) is 6.89. The highest BCUT2D eigenvalue weighted by Gasteiger charge is 2.15. The molecule has 1 atom stereocenters. The smallest absolute Gasteiger partial charge is 0.141 e. The molecule has 1 saturated heterocycles. The van der Waals surface area contributed by atoms with E-state index in [1.165, 1.54) is 6.42 Å². The van der Waals surface area contributed by atoms with Crippen molar-refractivity contribution in [3.63, 3.8) is 0 Å². The number of ether oxygens (including phenoxy) is 3. The maximum Gasteiger partial charge on any atom is 0.141 e. The molecule has 0 aliphatic carbocycles. The average Bonchev–Trinajstić information content (AvgIpc) is 3.29. The molecular formula is C29H29N5O3. The summed E-state index contributed by atoms with van der Waals surface area (Å²) in [4.78, 5) is 13.3. The van der Waals surface area contributed by atoms with Gasteiger partial charge in [0, 0.05) is 30.8 Å². The Morgan fingerprint density at radius 3 is 2.76 bits per heavy atom. The van der Waals surface area contributed by atoms with Crippen LogP contribution in [0.5, 0.6) is 17.2 Å². The van der Waals surface area contributed by atoms with Gasteiger partial charge in [-0.25, -0.2) is 15.0 Å². The number of imidazole rings is 1. The summed E-state index contributed by atoms with van der Waals surface area (Å²) in [6.45, 7) is 3.39. The molecule has 1 unspecified atom stereocenters. The highest BCUT2D eigenvalue weighted by molar-refractivity contribution is 5.91. The van der Waals surface area contributed by atoms with Crippen LogP contribution in [0.15, 0.2) is 67.3 Å². The first-order chi connectivity index (χ1) is 18.1. The van der Waals surface area contributed by atoms with Gasteiger partial charge in [-0.2, -0.15) is 0 Å². The van der Waals surface area contributed by atoms with Crippen molar-refractivity contribution in [2.24, 2.45) is 7.05 Å². The van der Waals surface area contributed by atoms with E-state index in [2.05, 4.69) is 20.3 Å². The van der Waals surface area contributed by atoms with Gasteiger partial charge < -0.3 is 24.1 Å². The molecule has 1 N–H and O–H groups in total. The van der Waals surface area contributed by atoms with E-state index in [0.29, 0.717) is 6.61 Å². The number of nitrogens with one attached hydrogen (secondary N) is 1. The topological polar surface area (TPSA) is 83.3 Å². The Bertz CT molecular complexity index is 1560. The summed E-state index contributed by atoms with van der Waals surface area (Å²) in [7, 11) is 1.98. The van der Waals surface area contributed by atoms with Gasteiger partial charge in [-0.1, -0.05) is 0 Å². The molecule has 1 aliphatic rings. The molecule has 0 spiro atoms. The lowest BCUT2D eigenvalue weighted by Gasteiger charge is -2.22. The molecule has 188 valence electrons. The normalized spacial score (nSPS) is 15.7. The lowest BCUT2D eigenvalue weighted by molar-refractivity contribution is -0.0110. The summed E-state index contributed by atoms with van der Waals surface area (Å²) in [5.74, 6) is 3.04. The van der Waals surface area contributed by atoms with E-state index < -0.39 is 0 Å². The summed E-state index contributed by atoms with van der Waals surface area (Å²) in [5, 5.41) is 4.33. The highest BCUT2D eigenvalue weighted by Crippen LogP contribution is 2.32. The Labute approximate surface area is 215 Å². The quantitative estimate of drug-likeness (QED) is 0.283. The van der Waals surface area contributed by atoms with Gasteiger partial charge >= 0.3 is 0 Å². The predicted molar refractivity (Wildman–Crippen MR) is 144 cm³/mol. The molecule has 5 aromatic rings. The number of hydrogen-bond acceptors (Lipinski definition) is 7. The molecule has 8 heteroatoms. The van der Waals surface area contributed by atoms with Gasteiger partial charge in [0.1, 0.15) is 36.0 Å². The van der Waals surface area contributed by atoms with Crippen LogP contribution in [0.1, 0.15) is 24.8 Å². The van der Waals surface area contributed by atoms with Gasteiger partial charge in [-0.15, -0.1) is 0 Å². The second kappa shape index (κ2) is 10.1. The second-order valence-corrected chi connectivity index (χ2v) is 9.41. The molecule has 0 bridgehead atoms. The molecule has 37 heavy (non-hydrogen) atoms. The van der Waals surface area contributed by atoms with Crippen LogP contribution in [0.2, 0.25) is 0 Å². The van der Waals surface area contributed by atoms with Gasteiger partial charge in [-0.05, 0) is 80.3 Å². The van der Waals surface area contributed by atoms with Crippen molar-refractivity contribution in [3.8, 4) is 17.2 Å². The first-order valence-electron chi connectivity index (χ1n) is 12.6. The molecule has 1 aliphatic heterocycles. The summed E-state index contributed by atoms with van der Waals surface area (Å²) >= 11 is 0. The zero-order valence-electron chi connectivity index (χ0n) is 21.0. The van der Waals surface area contributed by atoms with Crippen molar-refractivity contribution in [1.82, 2.24) is 19.5 Å². The number of fused-ring (bicyclic) bond motifs is 2. The van der Waals surface area contributed by atoms with E-state index in [0.717, 1.165) is 75.7 Å². The lowest BCUT2D eigenvalue weighted by Crippen LogP contribution is -2.25. The molecule has 2 aromatic heterocycles. The third-order valence-electron chi connectivity index (χ3n) is 6.68. The number of benzene rings is 3. The fourth-order valence-corrected chi connectivity index (χ4v) is 4.64. The molecule has 0 amide bonds. The van der Waals surface area contributed by atoms with Gasteiger partial charge in [0.15, 0.2) is 0 Å².